The summed E-state index contributed by atoms with van der Waals surface area (Å²) >= 11 is 6.01. The van der Waals surface area contributed by atoms with Crippen LogP contribution in [0.5, 0.6) is 5.75 Å². The molecule has 0 aliphatic rings. The second kappa shape index (κ2) is 8.06. The fourth-order valence-electron chi connectivity index (χ4n) is 2.53. The maximum atomic E-state index is 12.6. The molecule has 0 saturated carbocycles. The molecule has 0 aromatic heterocycles. The molecular formula is C22H18ClNO3. The van der Waals surface area contributed by atoms with Crippen LogP contribution in [0.1, 0.15) is 26.3 Å². The Labute approximate surface area is 163 Å². The molecule has 0 saturated heterocycles. The molecule has 0 heterocycles. The van der Waals surface area contributed by atoms with E-state index in [4.69, 9.17) is 16.3 Å². The van der Waals surface area contributed by atoms with Gasteiger partial charge in [0.05, 0.1) is 10.6 Å². The van der Waals surface area contributed by atoms with Crippen molar-refractivity contribution >= 4 is 29.2 Å². The Balaban J connectivity index is 1.71. The van der Waals surface area contributed by atoms with Gasteiger partial charge in [-0.25, -0.2) is 4.79 Å². The molecule has 0 bridgehead atoms. The fourth-order valence-corrected chi connectivity index (χ4v) is 2.75. The molecule has 0 atom stereocenters. The zero-order chi connectivity index (χ0) is 19.4. The zero-order valence-corrected chi connectivity index (χ0v) is 15.7. The Morgan fingerprint density at radius 3 is 2.15 bits per heavy atom. The van der Waals surface area contributed by atoms with Gasteiger partial charge in [0.2, 0.25) is 0 Å². The molecule has 1 amide bonds. The molecule has 3 rings (SSSR count). The average molecular weight is 380 g/mol. The van der Waals surface area contributed by atoms with E-state index in [2.05, 4.69) is 0 Å². The van der Waals surface area contributed by atoms with E-state index in [0.29, 0.717) is 27.6 Å². The van der Waals surface area contributed by atoms with Crippen LogP contribution in [0.25, 0.3) is 0 Å². The SMILES string of the molecule is Cc1ccc(C(=O)N(C)c2ccc(OC(=O)c3ccccc3Cl)cc2)cc1. The summed E-state index contributed by atoms with van der Waals surface area (Å²) in [5.41, 5.74) is 2.70. The average Bonchev–Trinajstić information content (AvgIpc) is 2.68. The smallest absolute Gasteiger partial charge is 0.345 e. The van der Waals surface area contributed by atoms with Crippen molar-refractivity contribution in [2.24, 2.45) is 0 Å². The van der Waals surface area contributed by atoms with Crippen LogP contribution in [0.4, 0.5) is 5.69 Å². The van der Waals surface area contributed by atoms with E-state index in [0.717, 1.165) is 5.56 Å². The summed E-state index contributed by atoms with van der Waals surface area (Å²) in [5.74, 6) is -0.270. The number of amides is 1. The number of ether oxygens (including phenoxy) is 1. The Morgan fingerprint density at radius 2 is 1.52 bits per heavy atom. The minimum Gasteiger partial charge on any atom is -0.423 e. The van der Waals surface area contributed by atoms with Crippen LogP contribution in [-0.2, 0) is 0 Å². The van der Waals surface area contributed by atoms with E-state index in [9.17, 15) is 9.59 Å². The number of benzene rings is 3. The van der Waals surface area contributed by atoms with Crippen LogP contribution in [-0.4, -0.2) is 18.9 Å². The summed E-state index contributed by atoms with van der Waals surface area (Å²) in [6.07, 6.45) is 0. The van der Waals surface area contributed by atoms with Crippen LogP contribution in [0.15, 0.2) is 72.8 Å². The van der Waals surface area contributed by atoms with Gasteiger partial charge in [0.1, 0.15) is 5.75 Å². The lowest BCUT2D eigenvalue weighted by Gasteiger charge is -2.18. The van der Waals surface area contributed by atoms with Crippen molar-refractivity contribution in [3.05, 3.63) is 94.5 Å². The number of carbonyl (C=O) groups is 2. The lowest BCUT2D eigenvalue weighted by molar-refractivity contribution is 0.0734. The van der Waals surface area contributed by atoms with Gasteiger partial charge in [0, 0.05) is 18.3 Å². The van der Waals surface area contributed by atoms with Gasteiger partial charge in [-0.2, -0.15) is 0 Å². The van der Waals surface area contributed by atoms with Gasteiger partial charge >= 0.3 is 5.97 Å². The molecular weight excluding hydrogens is 362 g/mol. The van der Waals surface area contributed by atoms with Crippen LogP contribution in [0.3, 0.4) is 0 Å². The first-order chi connectivity index (χ1) is 13.0. The first-order valence-electron chi connectivity index (χ1n) is 8.37. The maximum absolute atomic E-state index is 12.6. The number of nitrogens with zero attached hydrogens (tertiary/aromatic N) is 1. The maximum Gasteiger partial charge on any atom is 0.345 e. The number of rotatable bonds is 4. The van der Waals surface area contributed by atoms with Crippen LogP contribution >= 0.6 is 11.6 Å². The molecule has 3 aromatic carbocycles. The zero-order valence-electron chi connectivity index (χ0n) is 15.0. The van der Waals surface area contributed by atoms with E-state index in [1.54, 1.807) is 72.6 Å². The van der Waals surface area contributed by atoms with Crippen molar-refractivity contribution in [1.29, 1.82) is 0 Å². The van der Waals surface area contributed by atoms with Crippen LogP contribution in [0.2, 0.25) is 5.02 Å². The van der Waals surface area contributed by atoms with E-state index in [1.165, 1.54) is 0 Å². The van der Waals surface area contributed by atoms with Crippen molar-refractivity contribution in [3.8, 4) is 5.75 Å². The molecule has 0 radical (unpaired) electrons. The molecule has 0 fully saturated rings. The molecule has 4 nitrogen and oxygen atoms in total. The topological polar surface area (TPSA) is 46.6 Å². The van der Waals surface area contributed by atoms with Crippen molar-refractivity contribution in [1.82, 2.24) is 0 Å². The van der Waals surface area contributed by atoms with Gasteiger partial charge in [0.25, 0.3) is 5.91 Å². The third kappa shape index (κ3) is 4.36. The summed E-state index contributed by atoms with van der Waals surface area (Å²) in [7, 11) is 1.70. The minimum absolute atomic E-state index is 0.115. The second-order valence-corrected chi connectivity index (χ2v) is 6.50. The number of esters is 1. The van der Waals surface area contributed by atoms with Gasteiger partial charge in [-0.3, -0.25) is 4.79 Å². The highest BCUT2D eigenvalue weighted by Crippen LogP contribution is 2.22. The van der Waals surface area contributed by atoms with Crippen LogP contribution < -0.4 is 9.64 Å². The monoisotopic (exact) mass is 379 g/mol. The van der Waals surface area contributed by atoms with Gasteiger partial charge in [0.15, 0.2) is 0 Å². The van der Waals surface area contributed by atoms with Gasteiger partial charge in [-0.1, -0.05) is 41.4 Å². The van der Waals surface area contributed by atoms with Crippen molar-refractivity contribution in [2.75, 3.05) is 11.9 Å². The minimum atomic E-state index is -0.530. The highest BCUT2D eigenvalue weighted by Gasteiger charge is 2.15. The van der Waals surface area contributed by atoms with E-state index >= 15 is 0 Å². The molecule has 5 heteroatoms. The molecule has 3 aromatic rings. The summed E-state index contributed by atoms with van der Waals surface area (Å²) in [4.78, 5) is 26.3. The highest BCUT2D eigenvalue weighted by atomic mass is 35.5. The first-order valence-corrected chi connectivity index (χ1v) is 8.75. The number of aryl methyl sites for hydroxylation is 1. The molecule has 0 aliphatic carbocycles. The number of halogens is 1. The third-order valence-corrected chi connectivity index (χ3v) is 4.46. The Bertz CT molecular complexity index is 966. The standard InChI is InChI=1S/C22H18ClNO3/c1-15-7-9-16(10-8-15)21(25)24(2)17-11-13-18(14-12-17)27-22(26)19-5-3-4-6-20(19)23/h3-14H,1-2H3. The quantitative estimate of drug-likeness (QED) is 0.465. The fraction of sp³-hybridized carbons (Fsp3) is 0.0909. The van der Waals surface area contributed by atoms with Crippen LogP contribution in [0, 0.1) is 6.92 Å². The number of anilines is 1. The summed E-state index contributed by atoms with van der Waals surface area (Å²) < 4.78 is 5.35. The normalized spacial score (nSPS) is 10.3. The van der Waals surface area contributed by atoms with Gasteiger partial charge in [-0.15, -0.1) is 0 Å². The predicted molar refractivity (Wildman–Crippen MR) is 107 cm³/mol. The highest BCUT2D eigenvalue weighted by molar-refractivity contribution is 6.33. The van der Waals surface area contributed by atoms with Crippen molar-refractivity contribution < 1.29 is 14.3 Å². The lowest BCUT2D eigenvalue weighted by Crippen LogP contribution is -2.26. The molecule has 136 valence electrons. The summed E-state index contributed by atoms with van der Waals surface area (Å²) in [6, 6.07) is 20.8. The molecule has 0 spiro atoms. The second-order valence-electron chi connectivity index (χ2n) is 6.09. The molecule has 0 unspecified atom stereocenters. The molecule has 0 N–H and O–H groups in total. The van der Waals surface area contributed by atoms with Crippen molar-refractivity contribution in [2.45, 2.75) is 6.92 Å². The van der Waals surface area contributed by atoms with E-state index in [-0.39, 0.29) is 5.91 Å². The Kier molecular flexibility index (Phi) is 5.57. The number of hydrogen-bond donors (Lipinski definition) is 0. The molecule has 27 heavy (non-hydrogen) atoms. The van der Waals surface area contributed by atoms with Gasteiger partial charge in [-0.05, 0) is 55.5 Å². The van der Waals surface area contributed by atoms with Gasteiger partial charge < -0.3 is 9.64 Å². The lowest BCUT2D eigenvalue weighted by atomic mass is 10.1. The van der Waals surface area contributed by atoms with Crippen molar-refractivity contribution in [3.63, 3.8) is 0 Å². The summed E-state index contributed by atoms with van der Waals surface area (Å²) in [5, 5.41) is 0.336. The summed E-state index contributed by atoms with van der Waals surface area (Å²) in [6.45, 7) is 1.97. The first kappa shape index (κ1) is 18.7. The van der Waals surface area contributed by atoms with E-state index < -0.39 is 5.97 Å². The van der Waals surface area contributed by atoms with E-state index in [1.807, 2.05) is 19.1 Å². The Morgan fingerprint density at radius 1 is 0.889 bits per heavy atom. The molecule has 0 aliphatic heterocycles. The predicted octanol–water partition coefficient (Wildman–Crippen LogP) is 5.14. The number of carbonyl (C=O) groups excluding carboxylic acids is 2. The largest absolute Gasteiger partial charge is 0.423 e. The third-order valence-electron chi connectivity index (χ3n) is 4.13. The Hall–Kier alpha value is -3.11. The number of hydrogen-bond acceptors (Lipinski definition) is 3.